The molecule has 1 aliphatic heterocycles. The third-order valence-electron chi connectivity index (χ3n) is 7.37. The second kappa shape index (κ2) is 13.4. The molecule has 44 heavy (non-hydrogen) atoms. The van der Waals surface area contributed by atoms with E-state index in [1.807, 2.05) is 37.3 Å². The molecule has 0 N–H and O–H groups in total. The maximum atomic E-state index is 14.0. The molecular weight excluding hydrogens is 576 g/mol. The Morgan fingerprint density at radius 2 is 1.73 bits per heavy atom. The van der Waals surface area contributed by atoms with Gasteiger partial charge in [0, 0.05) is 11.6 Å². The molecule has 0 radical (unpaired) electrons. The van der Waals surface area contributed by atoms with Gasteiger partial charge in [-0.2, -0.15) is 0 Å². The van der Waals surface area contributed by atoms with Crippen LogP contribution in [0.1, 0.15) is 86.7 Å². The normalized spacial score (nSPS) is 14.9. The monoisotopic (exact) mass is 612 g/mol. The van der Waals surface area contributed by atoms with Gasteiger partial charge in [-0.15, -0.1) is 0 Å². The van der Waals surface area contributed by atoms with Crippen LogP contribution in [0.15, 0.2) is 86.1 Å². The molecule has 4 aromatic rings. The molecule has 1 aliphatic rings. The molecule has 2 aromatic carbocycles. The van der Waals surface area contributed by atoms with E-state index in [1.54, 1.807) is 54.8 Å². The number of furan rings is 1. The lowest BCUT2D eigenvalue weighted by Crippen LogP contribution is -2.40. The number of fused-ring (bicyclic) bond motifs is 1. The highest BCUT2D eigenvalue weighted by Crippen LogP contribution is 2.33. The molecule has 0 spiro atoms. The largest absolute Gasteiger partial charge is 0.463 e. The van der Waals surface area contributed by atoms with Crippen LogP contribution in [-0.4, -0.2) is 29.7 Å². The van der Waals surface area contributed by atoms with Crippen LogP contribution < -0.4 is 14.9 Å². The zero-order chi connectivity index (χ0) is 31.4. The minimum Gasteiger partial charge on any atom is -0.463 e. The smallest absolute Gasteiger partial charge is 0.338 e. The highest BCUT2D eigenvalue weighted by molar-refractivity contribution is 7.07. The summed E-state index contributed by atoms with van der Waals surface area (Å²) in [6, 6.07) is 18.0. The van der Waals surface area contributed by atoms with Gasteiger partial charge in [0.25, 0.3) is 5.56 Å². The fraction of sp³-hybridized carbons (Fsp3) is 0.314. The molecule has 0 saturated carbocycles. The van der Waals surface area contributed by atoms with Crippen molar-refractivity contribution in [2.24, 2.45) is 4.99 Å². The van der Waals surface area contributed by atoms with Gasteiger partial charge in [0.05, 0.1) is 40.6 Å². The Hall–Kier alpha value is -4.50. The van der Waals surface area contributed by atoms with Crippen LogP contribution in [0.25, 0.3) is 17.4 Å². The van der Waals surface area contributed by atoms with Gasteiger partial charge in [0.1, 0.15) is 11.5 Å². The summed E-state index contributed by atoms with van der Waals surface area (Å²) in [5.41, 5.74) is 3.88. The number of esters is 2. The summed E-state index contributed by atoms with van der Waals surface area (Å²) in [4.78, 5) is 45.0. The summed E-state index contributed by atoms with van der Waals surface area (Å²) in [5.74, 6) is 0.497. The number of carbonyl (C=O) groups excluding carboxylic acids is 2. The number of ether oxygens (including phenoxy) is 2. The first kappa shape index (κ1) is 30.9. The van der Waals surface area contributed by atoms with Crippen molar-refractivity contribution in [1.29, 1.82) is 0 Å². The minimum atomic E-state index is -0.673. The predicted octanol–water partition coefficient (Wildman–Crippen LogP) is 6.14. The van der Waals surface area contributed by atoms with Crippen LogP contribution in [0, 0.1) is 0 Å². The van der Waals surface area contributed by atoms with E-state index in [-0.39, 0.29) is 18.8 Å². The van der Waals surface area contributed by atoms with Crippen molar-refractivity contribution in [2.45, 2.75) is 59.4 Å². The van der Waals surface area contributed by atoms with E-state index in [0.717, 1.165) is 17.5 Å². The lowest BCUT2D eigenvalue weighted by atomic mass is 9.92. The van der Waals surface area contributed by atoms with Crippen molar-refractivity contribution in [3.8, 4) is 11.3 Å². The van der Waals surface area contributed by atoms with E-state index in [2.05, 4.69) is 13.8 Å². The molecule has 0 amide bonds. The molecule has 0 bridgehead atoms. The molecule has 0 aliphatic carbocycles. The maximum absolute atomic E-state index is 14.0. The molecule has 9 heteroatoms. The van der Waals surface area contributed by atoms with Crippen LogP contribution in [0.3, 0.4) is 0 Å². The highest BCUT2D eigenvalue weighted by Gasteiger charge is 2.34. The summed E-state index contributed by atoms with van der Waals surface area (Å²) in [6.07, 6.45) is 3.04. The molecule has 0 saturated heterocycles. The Morgan fingerprint density at radius 1 is 1.00 bits per heavy atom. The van der Waals surface area contributed by atoms with Crippen molar-refractivity contribution in [2.75, 3.05) is 13.2 Å². The second-order valence-electron chi connectivity index (χ2n) is 10.7. The van der Waals surface area contributed by atoms with Crippen molar-refractivity contribution in [3.05, 3.63) is 114 Å². The zero-order valence-electron chi connectivity index (χ0n) is 25.6. The van der Waals surface area contributed by atoms with Crippen LogP contribution in [0.5, 0.6) is 0 Å². The van der Waals surface area contributed by atoms with Crippen LogP contribution >= 0.6 is 11.3 Å². The molecule has 5 rings (SSSR count). The van der Waals surface area contributed by atoms with Gasteiger partial charge >= 0.3 is 11.9 Å². The number of carbonyl (C=O) groups is 2. The first-order valence-corrected chi connectivity index (χ1v) is 15.8. The predicted molar refractivity (Wildman–Crippen MR) is 170 cm³/mol. The van der Waals surface area contributed by atoms with Crippen molar-refractivity contribution in [1.82, 2.24) is 4.57 Å². The molecule has 8 nitrogen and oxygen atoms in total. The number of allylic oxidation sites excluding steroid dienone is 1. The SMILES string of the molecule is CCCC1=C(C(=O)OCC)[C@@H](c2ccc(C(C)C)cc2)n2c(s/c(=C\c3ccc(-c4cccc(C(=O)OCC)c4)o3)c2=O)=N1. The average Bonchev–Trinajstić information content (AvgIpc) is 3.61. The maximum Gasteiger partial charge on any atom is 0.338 e. The third-order valence-corrected chi connectivity index (χ3v) is 8.35. The average molecular weight is 613 g/mol. The van der Waals surface area contributed by atoms with Gasteiger partial charge in [-0.05, 0) is 61.6 Å². The van der Waals surface area contributed by atoms with Gasteiger partial charge in [0.2, 0.25) is 0 Å². The number of aromatic nitrogens is 1. The van der Waals surface area contributed by atoms with E-state index in [4.69, 9.17) is 18.9 Å². The quantitative estimate of drug-likeness (QED) is 0.200. The first-order valence-electron chi connectivity index (χ1n) is 14.9. The van der Waals surface area contributed by atoms with E-state index >= 15 is 0 Å². The first-order chi connectivity index (χ1) is 21.2. The number of hydrogen-bond acceptors (Lipinski definition) is 8. The minimum absolute atomic E-state index is 0.217. The van der Waals surface area contributed by atoms with Gasteiger partial charge in [-0.1, -0.05) is 74.9 Å². The standard InChI is InChI=1S/C35H36N2O6S/c1-6-10-27-30(34(40)42-8-3)31(23-15-13-22(14-16-23)21(4)5)37-32(38)29(44-35(37)36-27)20-26-17-18-28(43-26)24-11-9-12-25(19-24)33(39)41-7-2/h9,11-21,31H,6-8,10H2,1-5H3/b29-20-/t31-/m1/s1. The van der Waals surface area contributed by atoms with E-state index in [9.17, 15) is 14.4 Å². The molecular formula is C35H36N2O6S. The van der Waals surface area contributed by atoms with E-state index < -0.39 is 18.0 Å². The molecule has 2 aromatic heterocycles. The Labute approximate surface area is 260 Å². The Balaban J connectivity index is 1.61. The number of rotatable bonds is 10. The Kier molecular flexibility index (Phi) is 9.44. The molecule has 0 unspecified atom stereocenters. The second-order valence-corrected chi connectivity index (χ2v) is 11.7. The van der Waals surface area contributed by atoms with Crippen molar-refractivity contribution >= 4 is 29.4 Å². The van der Waals surface area contributed by atoms with Crippen LogP contribution in [-0.2, 0) is 14.3 Å². The molecule has 228 valence electrons. The highest BCUT2D eigenvalue weighted by atomic mass is 32.1. The molecule has 0 fully saturated rings. The van der Waals surface area contributed by atoms with E-state index in [1.165, 1.54) is 11.3 Å². The topological polar surface area (TPSA) is 100 Å². The summed E-state index contributed by atoms with van der Waals surface area (Å²) >= 11 is 1.26. The zero-order valence-corrected chi connectivity index (χ0v) is 26.4. The summed E-state index contributed by atoms with van der Waals surface area (Å²) in [6.45, 7) is 10.3. The number of benzene rings is 2. The van der Waals surface area contributed by atoms with Gasteiger partial charge in [-0.25, -0.2) is 14.6 Å². The van der Waals surface area contributed by atoms with Gasteiger partial charge < -0.3 is 13.9 Å². The molecule has 1 atom stereocenters. The van der Waals surface area contributed by atoms with Crippen LogP contribution in [0.4, 0.5) is 0 Å². The van der Waals surface area contributed by atoms with Crippen LogP contribution in [0.2, 0.25) is 0 Å². The number of hydrogen-bond donors (Lipinski definition) is 0. The summed E-state index contributed by atoms with van der Waals surface area (Å²) in [5, 5.41) is 0. The summed E-state index contributed by atoms with van der Waals surface area (Å²) in [7, 11) is 0. The van der Waals surface area contributed by atoms with Crippen molar-refractivity contribution in [3.63, 3.8) is 0 Å². The Bertz CT molecular complexity index is 1890. The number of thiazole rings is 1. The van der Waals surface area contributed by atoms with Gasteiger partial charge in [-0.3, -0.25) is 9.36 Å². The fourth-order valence-corrected chi connectivity index (χ4v) is 6.23. The lowest BCUT2D eigenvalue weighted by Gasteiger charge is -2.26. The van der Waals surface area contributed by atoms with Gasteiger partial charge in [0.15, 0.2) is 4.80 Å². The lowest BCUT2D eigenvalue weighted by molar-refractivity contribution is -0.139. The summed E-state index contributed by atoms with van der Waals surface area (Å²) < 4.78 is 18.7. The Morgan fingerprint density at radius 3 is 2.41 bits per heavy atom. The van der Waals surface area contributed by atoms with Crippen molar-refractivity contribution < 1.29 is 23.5 Å². The number of nitrogens with zero attached hydrogens (tertiary/aromatic N) is 2. The third kappa shape index (κ3) is 6.24. The fourth-order valence-electron chi connectivity index (χ4n) is 5.23. The van der Waals surface area contributed by atoms with E-state index in [0.29, 0.717) is 55.6 Å². The molecule has 3 heterocycles.